The van der Waals surface area contributed by atoms with Crippen molar-refractivity contribution >= 4 is 5.91 Å². The standard InChI is InChI=1S/C20H33N3O2/c1-15(2)25-20-9-7-6-8-18(20)13-23-11-10-17(12-21-16(3)24)19(14-23)22(4)5/h6-9,15,17,19H,10-14H2,1-5H3,(H,21,24)/t17-,19-/m1/s1. The van der Waals surface area contributed by atoms with Gasteiger partial charge < -0.3 is 15.0 Å². The van der Waals surface area contributed by atoms with Gasteiger partial charge in [-0.1, -0.05) is 18.2 Å². The molecule has 1 amide bonds. The molecule has 1 fully saturated rings. The predicted molar refractivity (Wildman–Crippen MR) is 102 cm³/mol. The number of carbonyl (C=O) groups excluding carboxylic acids is 1. The predicted octanol–water partition coefficient (Wildman–Crippen LogP) is 2.36. The minimum atomic E-state index is 0.0553. The Morgan fingerprint density at radius 2 is 2.08 bits per heavy atom. The summed E-state index contributed by atoms with van der Waals surface area (Å²) >= 11 is 0. The minimum absolute atomic E-state index is 0.0553. The van der Waals surface area contributed by atoms with Crippen molar-refractivity contribution in [2.75, 3.05) is 33.7 Å². The molecule has 0 radical (unpaired) electrons. The molecule has 1 aliphatic rings. The van der Waals surface area contributed by atoms with Crippen LogP contribution < -0.4 is 10.1 Å². The SMILES string of the molecule is CC(=O)NC[C@H]1CCN(Cc2ccccc2OC(C)C)C[C@H]1N(C)C. The molecule has 0 aromatic heterocycles. The van der Waals surface area contributed by atoms with E-state index < -0.39 is 0 Å². The second-order valence-corrected chi connectivity index (χ2v) is 7.53. The molecule has 0 bridgehead atoms. The van der Waals surface area contributed by atoms with Crippen molar-refractivity contribution in [3.8, 4) is 5.75 Å². The van der Waals surface area contributed by atoms with Crippen molar-refractivity contribution in [2.45, 2.75) is 45.9 Å². The van der Waals surface area contributed by atoms with Gasteiger partial charge in [-0.15, -0.1) is 0 Å². The third-order valence-corrected chi connectivity index (χ3v) is 4.81. The summed E-state index contributed by atoms with van der Waals surface area (Å²) < 4.78 is 5.96. The van der Waals surface area contributed by atoms with Crippen molar-refractivity contribution in [1.29, 1.82) is 0 Å². The van der Waals surface area contributed by atoms with Crippen LogP contribution in [-0.4, -0.2) is 61.6 Å². The van der Waals surface area contributed by atoms with E-state index in [0.29, 0.717) is 12.0 Å². The molecule has 1 heterocycles. The van der Waals surface area contributed by atoms with Crippen LogP contribution >= 0.6 is 0 Å². The zero-order valence-corrected chi connectivity index (χ0v) is 16.3. The van der Waals surface area contributed by atoms with Gasteiger partial charge in [-0.2, -0.15) is 0 Å². The van der Waals surface area contributed by atoms with Crippen LogP contribution in [-0.2, 0) is 11.3 Å². The van der Waals surface area contributed by atoms with E-state index in [1.54, 1.807) is 6.92 Å². The van der Waals surface area contributed by atoms with Gasteiger partial charge in [-0.25, -0.2) is 0 Å². The van der Waals surface area contributed by atoms with Gasteiger partial charge in [0.1, 0.15) is 5.75 Å². The molecular weight excluding hydrogens is 314 g/mol. The zero-order chi connectivity index (χ0) is 18.4. The Hall–Kier alpha value is -1.59. The van der Waals surface area contributed by atoms with E-state index in [2.05, 4.69) is 61.3 Å². The molecule has 0 spiro atoms. The number of nitrogens with zero attached hydrogens (tertiary/aromatic N) is 2. The van der Waals surface area contributed by atoms with E-state index in [0.717, 1.165) is 38.3 Å². The number of amides is 1. The molecule has 2 atom stereocenters. The van der Waals surface area contributed by atoms with Gasteiger partial charge in [-0.05, 0) is 52.9 Å². The summed E-state index contributed by atoms with van der Waals surface area (Å²) in [5, 5.41) is 2.99. The molecule has 1 N–H and O–H groups in total. The molecule has 1 aromatic rings. The quantitative estimate of drug-likeness (QED) is 0.822. The molecule has 1 aliphatic heterocycles. The summed E-state index contributed by atoms with van der Waals surface area (Å²) in [4.78, 5) is 16.0. The second-order valence-electron chi connectivity index (χ2n) is 7.53. The number of para-hydroxylation sites is 1. The fourth-order valence-electron chi connectivity index (χ4n) is 3.53. The molecule has 25 heavy (non-hydrogen) atoms. The van der Waals surface area contributed by atoms with E-state index >= 15 is 0 Å². The summed E-state index contributed by atoms with van der Waals surface area (Å²) in [5.74, 6) is 1.54. The van der Waals surface area contributed by atoms with Crippen molar-refractivity contribution in [3.63, 3.8) is 0 Å². The number of hydrogen-bond acceptors (Lipinski definition) is 4. The third-order valence-electron chi connectivity index (χ3n) is 4.81. The van der Waals surface area contributed by atoms with Gasteiger partial charge in [0.05, 0.1) is 6.10 Å². The number of ether oxygens (including phenoxy) is 1. The van der Waals surface area contributed by atoms with Crippen LogP contribution in [0.3, 0.4) is 0 Å². The van der Waals surface area contributed by atoms with Crippen molar-refractivity contribution in [2.24, 2.45) is 5.92 Å². The van der Waals surface area contributed by atoms with Gasteiger partial charge in [-0.3, -0.25) is 9.69 Å². The average molecular weight is 348 g/mol. The lowest BCUT2D eigenvalue weighted by Gasteiger charge is -2.42. The lowest BCUT2D eigenvalue weighted by Crippen LogP contribution is -2.52. The lowest BCUT2D eigenvalue weighted by molar-refractivity contribution is -0.119. The molecule has 0 unspecified atom stereocenters. The average Bonchev–Trinajstić information content (AvgIpc) is 2.54. The van der Waals surface area contributed by atoms with E-state index in [-0.39, 0.29) is 12.0 Å². The molecular formula is C20H33N3O2. The number of nitrogens with one attached hydrogen (secondary N) is 1. The maximum absolute atomic E-state index is 11.2. The molecule has 140 valence electrons. The van der Waals surface area contributed by atoms with Crippen LogP contribution in [0.1, 0.15) is 32.8 Å². The highest BCUT2D eigenvalue weighted by molar-refractivity contribution is 5.72. The van der Waals surface area contributed by atoms with Crippen LogP contribution in [0.4, 0.5) is 0 Å². The highest BCUT2D eigenvalue weighted by atomic mass is 16.5. The molecule has 1 aromatic carbocycles. The highest BCUT2D eigenvalue weighted by Crippen LogP contribution is 2.26. The molecule has 1 saturated heterocycles. The molecule has 2 rings (SSSR count). The van der Waals surface area contributed by atoms with E-state index in [9.17, 15) is 4.79 Å². The maximum atomic E-state index is 11.2. The Morgan fingerprint density at radius 3 is 2.72 bits per heavy atom. The fraction of sp³-hybridized carbons (Fsp3) is 0.650. The lowest BCUT2D eigenvalue weighted by atomic mass is 9.90. The summed E-state index contributed by atoms with van der Waals surface area (Å²) in [6, 6.07) is 8.77. The number of benzene rings is 1. The van der Waals surface area contributed by atoms with Gasteiger partial charge in [0, 0.05) is 38.2 Å². The zero-order valence-electron chi connectivity index (χ0n) is 16.3. The molecule has 0 aliphatic carbocycles. The first-order chi connectivity index (χ1) is 11.9. The van der Waals surface area contributed by atoms with E-state index in [1.165, 1.54) is 5.56 Å². The molecule has 0 saturated carbocycles. The first-order valence-corrected chi connectivity index (χ1v) is 9.24. The summed E-state index contributed by atoms with van der Waals surface area (Å²) in [6.45, 7) is 9.43. The number of rotatable bonds is 7. The van der Waals surface area contributed by atoms with Gasteiger partial charge in [0.25, 0.3) is 0 Å². The third kappa shape index (κ3) is 6.01. The fourth-order valence-corrected chi connectivity index (χ4v) is 3.53. The monoisotopic (exact) mass is 347 g/mol. The second kappa shape index (κ2) is 9.20. The van der Waals surface area contributed by atoms with E-state index in [1.807, 2.05) is 6.07 Å². The largest absolute Gasteiger partial charge is 0.491 e. The maximum Gasteiger partial charge on any atom is 0.216 e. The highest BCUT2D eigenvalue weighted by Gasteiger charge is 2.31. The number of hydrogen-bond donors (Lipinski definition) is 1. The first kappa shape index (κ1) is 19.7. The Kier molecular flexibility index (Phi) is 7.26. The van der Waals surface area contributed by atoms with Crippen molar-refractivity contribution < 1.29 is 9.53 Å². The topological polar surface area (TPSA) is 44.8 Å². The summed E-state index contributed by atoms with van der Waals surface area (Å²) in [5.41, 5.74) is 1.24. The number of likely N-dealkylation sites (tertiary alicyclic amines) is 1. The first-order valence-electron chi connectivity index (χ1n) is 9.24. The van der Waals surface area contributed by atoms with E-state index in [4.69, 9.17) is 4.74 Å². The number of carbonyl (C=O) groups is 1. The Balaban J connectivity index is 2.02. The number of likely N-dealkylation sites (N-methyl/N-ethyl adjacent to an activating group) is 1. The van der Waals surface area contributed by atoms with Gasteiger partial charge in [0.2, 0.25) is 5.91 Å². The molecule has 5 nitrogen and oxygen atoms in total. The van der Waals surface area contributed by atoms with Crippen molar-refractivity contribution in [3.05, 3.63) is 29.8 Å². The van der Waals surface area contributed by atoms with Crippen LogP contribution in [0.25, 0.3) is 0 Å². The summed E-state index contributed by atoms with van der Waals surface area (Å²) in [7, 11) is 4.26. The normalized spacial score (nSPS) is 21.6. The molecule has 5 heteroatoms. The van der Waals surface area contributed by atoms with Gasteiger partial charge in [0.15, 0.2) is 0 Å². The van der Waals surface area contributed by atoms with Crippen LogP contribution in [0.15, 0.2) is 24.3 Å². The van der Waals surface area contributed by atoms with Crippen molar-refractivity contribution in [1.82, 2.24) is 15.1 Å². The smallest absolute Gasteiger partial charge is 0.216 e. The van der Waals surface area contributed by atoms with Gasteiger partial charge >= 0.3 is 0 Å². The summed E-state index contributed by atoms with van der Waals surface area (Å²) in [6.07, 6.45) is 1.27. The van der Waals surface area contributed by atoms with Crippen LogP contribution in [0.5, 0.6) is 5.75 Å². The Labute approximate surface area is 152 Å². The van der Waals surface area contributed by atoms with Crippen LogP contribution in [0, 0.1) is 5.92 Å². The number of piperidine rings is 1. The van der Waals surface area contributed by atoms with Crippen LogP contribution in [0.2, 0.25) is 0 Å². The Bertz CT molecular complexity index is 560. The Morgan fingerprint density at radius 1 is 1.36 bits per heavy atom. The minimum Gasteiger partial charge on any atom is -0.491 e.